The summed E-state index contributed by atoms with van der Waals surface area (Å²) in [7, 11) is -3.65. The quantitative estimate of drug-likeness (QED) is 0.930. The van der Waals surface area contributed by atoms with Crippen LogP contribution in [-0.4, -0.2) is 35.7 Å². The Hall–Kier alpha value is -1.80. The average molecular weight is 322 g/mol. The molecule has 110 valence electrons. The van der Waals surface area contributed by atoms with Crippen LogP contribution in [0.3, 0.4) is 0 Å². The number of nitrogens with zero attached hydrogens (tertiary/aromatic N) is 3. The smallest absolute Gasteiger partial charge is 0.261 e. The molecule has 0 saturated heterocycles. The summed E-state index contributed by atoms with van der Waals surface area (Å²) in [5, 5.41) is 4.72. The number of sulfonamides is 1. The van der Waals surface area contributed by atoms with E-state index < -0.39 is 10.0 Å². The Morgan fingerprint density at radius 2 is 2.05 bits per heavy atom. The Labute approximate surface area is 127 Å². The molecular formula is C13H14N4O2S2. The molecule has 1 aliphatic heterocycles. The van der Waals surface area contributed by atoms with Crippen LogP contribution in [0, 0.1) is 6.92 Å². The highest BCUT2D eigenvalue weighted by molar-refractivity contribution is 8.15. The van der Waals surface area contributed by atoms with Gasteiger partial charge in [-0.15, -0.1) is 0 Å². The number of amidine groups is 1. The van der Waals surface area contributed by atoms with Crippen LogP contribution < -0.4 is 4.72 Å². The molecule has 0 saturated carbocycles. The Kier molecular flexibility index (Phi) is 3.73. The van der Waals surface area contributed by atoms with Gasteiger partial charge in [0.2, 0.25) is 0 Å². The first-order valence-corrected chi connectivity index (χ1v) is 8.85. The fourth-order valence-electron chi connectivity index (χ4n) is 1.99. The number of hydrogen-bond acceptors (Lipinski definition) is 5. The highest BCUT2D eigenvalue weighted by Gasteiger charge is 2.23. The van der Waals surface area contributed by atoms with Crippen molar-refractivity contribution in [1.29, 1.82) is 0 Å². The third-order valence-corrected chi connectivity index (χ3v) is 5.43. The molecule has 0 radical (unpaired) electrons. The molecule has 0 aliphatic carbocycles. The summed E-state index contributed by atoms with van der Waals surface area (Å²) in [5.74, 6) is 0.806. The molecule has 21 heavy (non-hydrogen) atoms. The molecule has 2 heterocycles. The molecule has 6 nitrogen and oxygen atoms in total. The lowest BCUT2D eigenvalue weighted by Crippen LogP contribution is -2.27. The van der Waals surface area contributed by atoms with Gasteiger partial charge in [0.1, 0.15) is 4.90 Å². The first-order valence-electron chi connectivity index (χ1n) is 6.38. The predicted molar refractivity (Wildman–Crippen MR) is 83.4 cm³/mol. The minimum atomic E-state index is -3.65. The molecule has 0 bridgehead atoms. The van der Waals surface area contributed by atoms with Crippen molar-refractivity contribution in [2.24, 2.45) is 4.99 Å². The molecule has 0 atom stereocenters. The van der Waals surface area contributed by atoms with Gasteiger partial charge in [0.05, 0.1) is 24.1 Å². The summed E-state index contributed by atoms with van der Waals surface area (Å²) in [6.07, 6.45) is 1.52. The van der Waals surface area contributed by atoms with Crippen molar-refractivity contribution in [2.75, 3.05) is 12.3 Å². The van der Waals surface area contributed by atoms with Gasteiger partial charge in [0.25, 0.3) is 10.0 Å². The largest absolute Gasteiger partial charge is 0.266 e. The highest BCUT2D eigenvalue weighted by Crippen LogP contribution is 2.18. The molecule has 8 heteroatoms. The van der Waals surface area contributed by atoms with Crippen molar-refractivity contribution < 1.29 is 8.42 Å². The lowest BCUT2D eigenvalue weighted by molar-refractivity contribution is 0.592. The van der Waals surface area contributed by atoms with Crippen molar-refractivity contribution in [1.82, 2.24) is 14.5 Å². The van der Waals surface area contributed by atoms with Crippen molar-refractivity contribution >= 4 is 27.0 Å². The standard InChI is InChI=1S/C13H14N4O2S2/c1-10-12(21(18,19)16-13-14-7-8-20-13)9-17(15-10)11-5-3-2-4-6-11/h2-6,9H,7-8H2,1H3,(H,14,16). The Bertz CT molecular complexity index is 782. The summed E-state index contributed by atoms with van der Waals surface area (Å²) >= 11 is 1.41. The third kappa shape index (κ3) is 2.96. The Balaban J connectivity index is 1.94. The molecule has 0 amide bonds. The zero-order valence-electron chi connectivity index (χ0n) is 11.4. The van der Waals surface area contributed by atoms with Crippen LogP contribution in [0.5, 0.6) is 0 Å². The summed E-state index contributed by atoms with van der Waals surface area (Å²) in [5.41, 5.74) is 1.27. The summed E-state index contributed by atoms with van der Waals surface area (Å²) in [6.45, 7) is 2.32. The maximum Gasteiger partial charge on any atom is 0.266 e. The van der Waals surface area contributed by atoms with E-state index in [0.717, 1.165) is 11.4 Å². The molecule has 2 aromatic rings. The van der Waals surface area contributed by atoms with E-state index in [1.165, 1.54) is 18.0 Å². The zero-order chi connectivity index (χ0) is 14.9. The van der Waals surface area contributed by atoms with Gasteiger partial charge in [-0.1, -0.05) is 30.0 Å². The molecular weight excluding hydrogens is 308 g/mol. The van der Waals surface area contributed by atoms with Gasteiger partial charge in [-0.3, -0.25) is 9.71 Å². The van der Waals surface area contributed by atoms with E-state index in [9.17, 15) is 8.42 Å². The average Bonchev–Trinajstić information content (AvgIpc) is 3.09. The SMILES string of the molecule is Cc1nn(-c2ccccc2)cc1S(=O)(=O)NC1=NCCS1. The van der Waals surface area contributed by atoms with Crippen molar-refractivity contribution in [3.63, 3.8) is 0 Å². The summed E-state index contributed by atoms with van der Waals surface area (Å²) < 4.78 is 28.9. The Morgan fingerprint density at radius 1 is 1.29 bits per heavy atom. The maximum atomic E-state index is 12.4. The number of aliphatic imine (C=N–C) groups is 1. The van der Waals surface area contributed by atoms with Crippen LogP contribution in [-0.2, 0) is 10.0 Å². The highest BCUT2D eigenvalue weighted by atomic mass is 32.2. The molecule has 1 N–H and O–H groups in total. The number of aryl methyl sites for hydroxylation is 1. The fourth-order valence-corrected chi connectivity index (χ4v) is 4.18. The zero-order valence-corrected chi connectivity index (χ0v) is 13.0. The minimum absolute atomic E-state index is 0.168. The van der Waals surface area contributed by atoms with E-state index in [0.29, 0.717) is 17.4 Å². The predicted octanol–water partition coefficient (Wildman–Crippen LogP) is 1.56. The van der Waals surface area contributed by atoms with Crippen LogP contribution in [0.1, 0.15) is 5.69 Å². The summed E-state index contributed by atoms with van der Waals surface area (Å²) in [6, 6.07) is 9.39. The fraction of sp³-hybridized carbons (Fsp3) is 0.231. The monoisotopic (exact) mass is 322 g/mol. The lowest BCUT2D eigenvalue weighted by Gasteiger charge is -2.05. The maximum absolute atomic E-state index is 12.4. The van der Waals surface area contributed by atoms with Gasteiger partial charge in [0, 0.05) is 5.75 Å². The molecule has 1 aromatic heterocycles. The molecule has 0 fully saturated rings. The second kappa shape index (κ2) is 5.53. The topological polar surface area (TPSA) is 76.3 Å². The van der Waals surface area contributed by atoms with Crippen LogP contribution in [0.2, 0.25) is 0 Å². The third-order valence-electron chi connectivity index (χ3n) is 2.97. The molecule has 0 unspecified atom stereocenters. The van der Waals surface area contributed by atoms with Gasteiger partial charge in [-0.2, -0.15) is 5.10 Å². The van der Waals surface area contributed by atoms with Crippen LogP contribution in [0.15, 0.2) is 46.4 Å². The number of rotatable bonds is 3. The first kappa shape index (κ1) is 14.2. The molecule has 0 spiro atoms. The van der Waals surface area contributed by atoms with Crippen LogP contribution in [0.25, 0.3) is 5.69 Å². The van der Waals surface area contributed by atoms with Gasteiger partial charge >= 0.3 is 0 Å². The molecule has 1 aliphatic rings. The van der Waals surface area contributed by atoms with E-state index in [-0.39, 0.29) is 4.90 Å². The first-order chi connectivity index (χ1) is 10.1. The van der Waals surface area contributed by atoms with Crippen LogP contribution >= 0.6 is 11.8 Å². The number of para-hydroxylation sites is 1. The summed E-state index contributed by atoms with van der Waals surface area (Å²) in [4.78, 5) is 4.27. The van der Waals surface area contributed by atoms with E-state index in [1.54, 1.807) is 11.6 Å². The number of hydrogen-bond donors (Lipinski definition) is 1. The second-order valence-electron chi connectivity index (χ2n) is 4.50. The van der Waals surface area contributed by atoms with Crippen LogP contribution in [0.4, 0.5) is 0 Å². The lowest BCUT2D eigenvalue weighted by atomic mass is 10.3. The van der Waals surface area contributed by atoms with Crippen molar-refractivity contribution in [3.8, 4) is 5.69 Å². The second-order valence-corrected chi connectivity index (χ2v) is 7.23. The van der Waals surface area contributed by atoms with Gasteiger partial charge in [0.15, 0.2) is 5.17 Å². The van der Waals surface area contributed by atoms with Gasteiger partial charge in [-0.25, -0.2) is 13.1 Å². The van der Waals surface area contributed by atoms with Crippen molar-refractivity contribution in [2.45, 2.75) is 11.8 Å². The number of aromatic nitrogens is 2. The van der Waals surface area contributed by atoms with Gasteiger partial charge < -0.3 is 0 Å². The van der Waals surface area contributed by atoms with E-state index in [4.69, 9.17) is 0 Å². The van der Waals surface area contributed by atoms with E-state index in [1.807, 2.05) is 30.3 Å². The molecule has 1 aromatic carbocycles. The number of benzene rings is 1. The normalized spacial score (nSPS) is 15.0. The van der Waals surface area contributed by atoms with Gasteiger partial charge in [-0.05, 0) is 19.1 Å². The number of thioether (sulfide) groups is 1. The molecule has 3 rings (SSSR count). The van der Waals surface area contributed by atoms with Crippen molar-refractivity contribution in [3.05, 3.63) is 42.2 Å². The Morgan fingerprint density at radius 3 is 2.71 bits per heavy atom. The number of nitrogens with one attached hydrogen (secondary N) is 1. The minimum Gasteiger partial charge on any atom is -0.261 e. The van der Waals surface area contributed by atoms with E-state index in [2.05, 4.69) is 14.8 Å². The van der Waals surface area contributed by atoms with E-state index >= 15 is 0 Å².